The number of aryl methyl sites for hydroxylation is 1. The molecule has 0 aliphatic rings. The molecule has 0 amide bonds. The summed E-state index contributed by atoms with van der Waals surface area (Å²) in [6, 6.07) is 4.73. The van der Waals surface area contributed by atoms with Crippen molar-refractivity contribution in [1.82, 2.24) is 4.72 Å². The summed E-state index contributed by atoms with van der Waals surface area (Å²) in [5.41, 5.74) is 6.77. The fraction of sp³-hybridized carbons (Fsp3) is 0.333. The van der Waals surface area contributed by atoms with Gasteiger partial charge >= 0.3 is 0 Å². The summed E-state index contributed by atoms with van der Waals surface area (Å²) in [5, 5.41) is 0. The predicted molar refractivity (Wildman–Crippen MR) is 68.8 cm³/mol. The molecule has 0 spiro atoms. The first-order valence-electron chi connectivity index (χ1n) is 5.23. The van der Waals surface area contributed by atoms with Gasteiger partial charge in [0.1, 0.15) is 0 Å². The highest BCUT2D eigenvalue weighted by atomic mass is 32.2. The smallest absolute Gasteiger partial charge is 0.240 e. The SMILES string of the molecule is CC#CCCNS(=O)(=O)c1ccc(N)cc1C. The van der Waals surface area contributed by atoms with Gasteiger partial charge in [-0.15, -0.1) is 11.8 Å². The Balaban J connectivity index is 2.85. The molecule has 0 unspecified atom stereocenters. The minimum absolute atomic E-state index is 0.260. The van der Waals surface area contributed by atoms with E-state index >= 15 is 0 Å². The van der Waals surface area contributed by atoms with Crippen molar-refractivity contribution in [2.45, 2.75) is 25.2 Å². The van der Waals surface area contributed by atoms with Crippen LogP contribution in [0.2, 0.25) is 0 Å². The highest BCUT2D eigenvalue weighted by Crippen LogP contribution is 2.17. The number of anilines is 1. The fourth-order valence-electron chi connectivity index (χ4n) is 1.42. The molecule has 0 heterocycles. The molecule has 0 saturated carbocycles. The van der Waals surface area contributed by atoms with Crippen LogP contribution in [0.5, 0.6) is 0 Å². The van der Waals surface area contributed by atoms with Crippen LogP contribution in [0.3, 0.4) is 0 Å². The Bertz CT molecular complexity index is 554. The second-order valence-electron chi connectivity index (χ2n) is 3.60. The third-order valence-electron chi connectivity index (χ3n) is 2.21. The van der Waals surface area contributed by atoms with Crippen LogP contribution >= 0.6 is 0 Å². The van der Waals surface area contributed by atoms with Gasteiger partial charge in [-0.25, -0.2) is 13.1 Å². The van der Waals surface area contributed by atoms with E-state index in [1.54, 1.807) is 26.0 Å². The Hall–Kier alpha value is -1.51. The fourth-order valence-corrected chi connectivity index (χ4v) is 2.68. The lowest BCUT2D eigenvalue weighted by atomic mass is 10.2. The zero-order chi connectivity index (χ0) is 12.9. The Kier molecular flexibility index (Phi) is 4.55. The Morgan fingerprint density at radius 1 is 1.41 bits per heavy atom. The third-order valence-corrected chi connectivity index (χ3v) is 3.83. The molecule has 3 N–H and O–H groups in total. The molecule has 1 aromatic carbocycles. The molecule has 0 bridgehead atoms. The molecular weight excluding hydrogens is 236 g/mol. The van der Waals surface area contributed by atoms with Gasteiger partial charge in [0, 0.05) is 18.7 Å². The van der Waals surface area contributed by atoms with E-state index in [0.29, 0.717) is 24.2 Å². The van der Waals surface area contributed by atoms with E-state index in [4.69, 9.17) is 5.73 Å². The molecule has 0 aromatic heterocycles. The van der Waals surface area contributed by atoms with Crippen molar-refractivity contribution in [2.24, 2.45) is 0 Å². The van der Waals surface area contributed by atoms with E-state index in [9.17, 15) is 8.42 Å². The third kappa shape index (κ3) is 3.77. The number of benzene rings is 1. The second-order valence-corrected chi connectivity index (χ2v) is 5.33. The largest absolute Gasteiger partial charge is 0.399 e. The second kappa shape index (κ2) is 5.71. The van der Waals surface area contributed by atoms with Crippen LogP contribution in [0.15, 0.2) is 23.1 Å². The molecular formula is C12H16N2O2S. The molecule has 4 nitrogen and oxygen atoms in total. The monoisotopic (exact) mass is 252 g/mol. The van der Waals surface area contributed by atoms with E-state index in [0.717, 1.165) is 0 Å². The molecule has 0 aliphatic carbocycles. The van der Waals surface area contributed by atoms with Crippen molar-refractivity contribution in [3.8, 4) is 11.8 Å². The summed E-state index contributed by atoms with van der Waals surface area (Å²) in [6.45, 7) is 3.75. The van der Waals surface area contributed by atoms with Crippen molar-refractivity contribution in [1.29, 1.82) is 0 Å². The lowest BCUT2D eigenvalue weighted by Gasteiger charge is -2.08. The van der Waals surface area contributed by atoms with Gasteiger partial charge in [-0.05, 0) is 37.6 Å². The summed E-state index contributed by atoms with van der Waals surface area (Å²) in [4.78, 5) is 0.260. The minimum Gasteiger partial charge on any atom is -0.399 e. The molecule has 5 heteroatoms. The average molecular weight is 252 g/mol. The number of rotatable bonds is 4. The van der Waals surface area contributed by atoms with Crippen molar-refractivity contribution < 1.29 is 8.42 Å². The van der Waals surface area contributed by atoms with E-state index in [1.807, 2.05) is 0 Å². The maximum absolute atomic E-state index is 11.9. The van der Waals surface area contributed by atoms with Crippen LogP contribution in [-0.2, 0) is 10.0 Å². The summed E-state index contributed by atoms with van der Waals surface area (Å²) in [7, 11) is -3.46. The van der Waals surface area contributed by atoms with E-state index in [-0.39, 0.29) is 4.90 Å². The summed E-state index contributed by atoms with van der Waals surface area (Å²) >= 11 is 0. The summed E-state index contributed by atoms with van der Waals surface area (Å²) in [5.74, 6) is 5.51. The van der Waals surface area contributed by atoms with Crippen LogP contribution in [0.1, 0.15) is 18.9 Å². The average Bonchev–Trinajstić information content (AvgIpc) is 2.24. The van der Waals surface area contributed by atoms with Gasteiger partial charge < -0.3 is 5.73 Å². The van der Waals surface area contributed by atoms with Crippen LogP contribution in [0, 0.1) is 18.8 Å². The van der Waals surface area contributed by atoms with Crippen LogP contribution in [-0.4, -0.2) is 15.0 Å². The highest BCUT2D eigenvalue weighted by Gasteiger charge is 2.15. The van der Waals surface area contributed by atoms with Crippen molar-refractivity contribution in [2.75, 3.05) is 12.3 Å². The minimum atomic E-state index is -3.46. The number of sulfonamides is 1. The van der Waals surface area contributed by atoms with Gasteiger partial charge in [-0.2, -0.15) is 0 Å². The number of nitrogens with two attached hydrogens (primary N) is 1. The van der Waals surface area contributed by atoms with E-state index < -0.39 is 10.0 Å². The lowest BCUT2D eigenvalue weighted by Crippen LogP contribution is -2.25. The van der Waals surface area contributed by atoms with Crippen LogP contribution in [0.25, 0.3) is 0 Å². The van der Waals surface area contributed by atoms with Crippen molar-refractivity contribution >= 4 is 15.7 Å². The van der Waals surface area contributed by atoms with Gasteiger partial charge in [0.15, 0.2) is 0 Å². The maximum atomic E-state index is 11.9. The molecule has 92 valence electrons. The normalized spacial score (nSPS) is 10.7. The Labute approximate surface area is 102 Å². The molecule has 0 atom stereocenters. The van der Waals surface area contributed by atoms with Crippen molar-refractivity contribution in [3.05, 3.63) is 23.8 Å². The van der Waals surface area contributed by atoms with Gasteiger partial charge in [-0.3, -0.25) is 0 Å². The van der Waals surface area contributed by atoms with Crippen LogP contribution < -0.4 is 10.5 Å². The highest BCUT2D eigenvalue weighted by molar-refractivity contribution is 7.89. The molecule has 0 aliphatic heterocycles. The first-order chi connectivity index (χ1) is 7.97. The van der Waals surface area contributed by atoms with E-state index in [1.165, 1.54) is 6.07 Å². The number of hydrogen-bond acceptors (Lipinski definition) is 3. The number of nitrogens with one attached hydrogen (secondary N) is 1. The zero-order valence-electron chi connectivity index (χ0n) is 9.95. The maximum Gasteiger partial charge on any atom is 0.240 e. The molecule has 0 fully saturated rings. The van der Waals surface area contributed by atoms with Crippen LogP contribution in [0.4, 0.5) is 5.69 Å². The molecule has 0 saturated heterocycles. The summed E-state index contributed by atoms with van der Waals surface area (Å²) in [6.07, 6.45) is 0.504. The van der Waals surface area contributed by atoms with E-state index in [2.05, 4.69) is 16.6 Å². The summed E-state index contributed by atoms with van der Waals surface area (Å²) < 4.78 is 26.4. The first kappa shape index (κ1) is 13.6. The number of nitrogen functional groups attached to an aromatic ring is 1. The lowest BCUT2D eigenvalue weighted by molar-refractivity contribution is 0.582. The Morgan fingerprint density at radius 3 is 2.71 bits per heavy atom. The van der Waals surface area contributed by atoms with Gasteiger partial charge in [0.05, 0.1) is 4.90 Å². The molecule has 0 radical (unpaired) electrons. The topological polar surface area (TPSA) is 72.2 Å². The standard InChI is InChI=1S/C12H16N2O2S/c1-3-4-5-8-14-17(15,16)12-7-6-11(13)9-10(12)2/h6-7,9,14H,5,8,13H2,1-2H3. The Morgan fingerprint density at radius 2 is 2.12 bits per heavy atom. The first-order valence-corrected chi connectivity index (χ1v) is 6.71. The zero-order valence-corrected chi connectivity index (χ0v) is 10.8. The van der Waals surface area contributed by atoms with Gasteiger partial charge in [0.25, 0.3) is 0 Å². The van der Waals surface area contributed by atoms with Gasteiger partial charge in [0.2, 0.25) is 10.0 Å². The quantitative estimate of drug-likeness (QED) is 0.481. The molecule has 1 rings (SSSR count). The number of hydrogen-bond donors (Lipinski definition) is 2. The van der Waals surface area contributed by atoms with Gasteiger partial charge in [-0.1, -0.05) is 0 Å². The van der Waals surface area contributed by atoms with Crippen molar-refractivity contribution in [3.63, 3.8) is 0 Å². The predicted octanol–water partition coefficient (Wildman–Crippen LogP) is 1.27. The molecule has 1 aromatic rings. The molecule has 17 heavy (non-hydrogen) atoms.